The molecule has 0 bridgehead atoms. The molecule has 3 heteroatoms. The van der Waals surface area contributed by atoms with Crippen LogP contribution >= 0.6 is 0 Å². The lowest BCUT2D eigenvalue weighted by molar-refractivity contribution is -0.136. The molecule has 1 aliphatic rings. The zero-order valence-electron chi connectivity index (χ0n) is 13.9. The summed E-state index contributed by atoms with van der Waals surface area (Å²) in [5, 5.41) is 0. The fraction of sp³-hybridized carbons (Fsp3) is 0.526. The predicted octanol–water partition coefficient (Wildman–Crippen LogP) is 3.28. The van der Waals surface area contributed by atoms with E-state index in [1.54, 1.807) is 0 Å². The molecular formula is C19H28N2O. The Kier molecular flexibility index (Phi) is 6.66. The first-order valence-electron chi connectivity index (χ1n) is 8.47. The number of rotatable bonds is 6. The van der Waals surface area contributed by atoms with Gasteiger partial charge >= 0.3 is 0 Å². The van der Waals surface area contributed by atoms with Crippen LogP contribution in [-0.2, 0) is 4.79 Å². The molecule has 1 aromatic rings. The van der Waals surface area contributed by atoms with Gasteiger partial charge in [-0.3, -0.25) is 9.69 Å². The van der Waals surface area contributed by atoms with Crippen molar-refractivity contribution in [3.05, 3.63) is 42.0 Å². The number of amides is 1. The van der Waals surface area contributed by atoms with Crippen molar-refractivity contribution in [1.82, 2.24) is 9.80 Å². The van der Waals surface area contributed by atoms with Crippen LogP contribution in [0.2, 0.25) is 0 Å². The SMILES string of the molecule is CCN(CC)C(=O)[C@H]1CCCN(C/C=C/c2ccccc2)C1. The molecule has 1 aliphatic heterocycles. The van der Waals surface area contributed by atoms with Gasteiger partial charge in [0.1, 0.15) is 0 Å². The molecule has 0 saturated carbocycles. The Balaban J connectivity index is 1.85. The van der Waals surface area contributed by atoms with Gasteiger partial charge in [0.05, 0.1) is 5.92 Å². The van der Waals surface area contributed by atoms with Gasteiger partial charge in [-0.25, -0.2) is 0 Å². The Hall–Kier alpha value is -1.61. The number of nitrogens with zero attached hydrogens (tertiary/aromatic N) is 2. The van der Waals surface area contributed by atoms with Gasteiger partial charge in [0.2, 0.25) is 5.91 Å². The highest BCUT2D eigenvalue weighted by atomic mass is 16.2. The first-order valence-corrected chi connectivity index (χ1v) is 8.47. The molecule has 0 aromatic heterocycles. The van der Waals surface area contributed by atoms with E-state index in [1.165, 1.54) is 5.56 Å². The summed E-state index contributed by atoms with van der Waals surface area (Å²) in [6.45, 7) is 8.68. The molecule has 22 heavy (non-hydrogen) atoms. The molecule has 1 amide bonds. The van der Waals surface area contributed by atoms with Gasteiger partial charge < -0.3 is 4.90 Å². The van der Waals surface area contributed by atoms with Crippen LogP contribution in [0.5, 0.6) is 0 Å². The van der Waals surface area contributed by atoms with E-state index < -0.39 is 0 Å². The second-order valence-electron chi connectivity index (χ2n) is 5.92. The Bertz CT molecular complexity index is 479. The minimum atomic E-state index is 0.179. The van der Waals surface area contributed by atoms with E-state index in [4.69, 9.17) is 0 Å². The maximum atomic E-state index is 12.5. The topological polar surface area (TPSA) is 23.6 Å². The van der Waals surface area contributed by atoms with Crippen LogP contribution in [0.15, 0.2) is 36.4 Å². The lowest BCUT2D eigenvalue weighted by Gasteiger charge is -2.33. The lowest BCUT2D eigenvalue weighted by Crippen LogP contribution is -2.44. The average molecular weight is 300 g/mol. The number of carbonyl (C=O) groups is 1. The van der Waals surface area contributed by atoms with Crippen molar-refractivity contribution in [2.75, 3.05) is 32.7 Å². The maximum Gasteiger partial charge on any atom is 0.226 e. The summed E-state index contributed by atoms with van der Waals surface area (Å²) in [5.74, 6) is 0.514. The van der Waals surface area contributed by atoms with Crippen molar-refractivity contribution >= 4 is 12.0 Å². The molecule has 0 N–H and O–H groups in total. The summed E-state index contributed by atoms with van der Waals surface area (Å²) >= 11 is 0. The third-order valence-corrected chi connectivity index (χ3v) is 4.40. The zero-order valence-corrected chi connectivity index (χ0v) is 13.9. The fourth-order valence-corrected chi connectivity index (χ4v) is 3.12. The van der Waals surface area contributed by atoms with Gasteiger partial charge in [-0.2, -0.15) is 0 Å². The summed E-state index contributed by atoms with van der Waals surface area (Å²) in [4.78, 5) is 16.8. The summed E-state index contributed by atoms with van der Waals surface area (Å²) in [6, 6.07) is 10.4. The van der Waals surface area contributed by atoms with Crippen molar-refractivity contribution in [2.24, 2.45) is 5.92 Å². The molecule has 1 fully saturated rings. The predicted molar refractivity (Wildman–Crippen MR) is 92.6 cm³/mol. The number of carbonyl (C=O) groups excluding carboxylic acids is 1. The smallest absolute Gasteiger partial charge is 0.226 e. The van der Waals surface area contributed by atoms with Gasteiger partial charge in [0.25, 0.3) is 0 Å². The molecule has 0 unspecified atom stereocenters. The molecular weight excluding hydrogens is 272 g/mol. The van der Waals surface area contributed by atoms with Gasteiger partial charge in [-0.1, -0.05) is 42.5 Å². The van der Waals surface area contributed by atoms with Crippen LogP contribution in [0.4, 0.5) is 0 Å². The quantitative estimate of drug-likeness (QED) is 0.805. The number of piperidine rings is 1. The van der Waals surface area contributed by atoms with E-state index in [1.807, 2.05) is 11.0 Å². The normalized spacial score (nSPS) is 19.5. The fourth-order valence-electron chi connectivity index (χ4n) is 3.12. The first kappa shape index (κ1) is 16.8. The second-order valence-corrected chi connectivity index (χ2v) is 5.92. The monoisotopic (exact) mass is 300 g/mol. The van der Waals surface area contributed by atoms with E-state index >= 15 is 0 Å². The third-order valence-electron chi connectivity index (χ3n) is 4.40. The van der Waals surface area contributed by atoms with Gasteiger partial charge in [0.15, 0.2) is 0 Å². The molecule has 3 nitrogen and oxygen atoms in total. The Morgan fingerprint density at radius 1 is 1.27 bits per heavy atom. The minimum Gasteiger partial charge on any atom is -0.343 e. The molecule has 1 atom stereocenters. The third kappa shape index (κ3) is 4.70. The molecule has 1 aromatic carbocycles. The van der Waals surface area contributed by atoms with Crippen LogP contribution in [0.1, 0.15) is 32.3 Å². The van der Waals surface area contributed by atoms with Gasteiger partial charge in [0, 0.05) is 26.2 Å². The molecule has 0 aliphatic carbocycles. The van der Waals surface area contributed by atoms with Crippen molar-refractivity contribution in [1.29, 1.82) is 0 Å². The molecule has 1 saturated heterocycles. The van der Waals surface area contributed by atoms with E-state index in [2.05, 4.69) is 55.2 Å². The van der Waals surface area contributed by atoms with Crippen molar-refractivity contribution < 1.29 is 4.79 Å². The highest BCUT2D eigenvalue weighted by Crippen LogP contribution is 2.19. The first-order chi connectivity index (χ1) is 10.7. The number of benzene rings is 1. The standard InChI is InChI=1S/C19H28N2O/c1-3-21(4-2)19(22)18-13-9-15-20(16-18)14-8-12-17-10-6-5-7-11-17/h5-8,10-12,18H,3-4,9,13-16H2,1-2H3/b12-8+/t18-/m0/s1. The van der Waals surface area contributed by atoms with E-state index in [0.717, 1.165) is 45.6 Å². The molecule has 0 spiro atoms. The number of hydrogen-bond donors (Lipinski definition) is 0. The summed E-state index contributed by atoms with van der Waals surface area (Å²) in [5.41, 5.74) is 1.23. The van der Waals surface area contributed by atoms with Crippen molar-refractivity contribution in [3.63, 3.8) is 0 Å². The van der Waals surface area contributed by atoms with Crippen LogP contribution in [0, 0.1) is 5.92 Å². The van der Waals surface area contributed by atoms with E-state index in [-0.39, 0.29) is 5.92 Å². The lowest BCUT2D eigenvalue weighted by atomic mass is 9.96. The molecule has 2 rings (SSSR count). The van der Waals surface area contributed by atoms with Crippen LogP contribution in [0.3, 0.4) is 0 Å². The summed E-state index contributed by atoms with van der Waals surface area (Å²) in [6.07, 6.45) is 6.53. The maximum absolute atomic E-state index is 12.5. The largest absolute Gasteiger partial charge is 0.343 e. The highest BCUT2D eigenvalue weighted by molar-refractivity contribution is 5.79. The van der Waals surface area contributed by atoms with Crippen LogP contribution in [0.25, 0.3) is 6.08 Å². The summed E-state index contributed by atoms with van der Waals surface area (Å²) in [7, 11) is 0. The molecule has 0 radical (unpaired) electrons. The zero-order chi connectivity index (χ0) is 15.8. The second kappa shape index (κ2) is 8.74. The van der Waals surface area contributed by atoms with Crippen molar-refractivity contribution in [3.8, 4) is 0 Å². The van der Waals surface area contributed by atoms with E-state index in [0.29, 0.717) is 5.91 Å². The number of hydrogen-bond acceptors (Lipinski definition) is 2. The Morgan fingerprint density at radius 3 is 2.68 bits per heavy atom. The minimum absolute atomic E-state index is 0.179. The van der Waals surface area contributed by atoms with Crippen LogP contribution < -0.4 is 0 Å². The number of likely N-dealkylation sites (tertiary alicyclic amines) is 1. The van der Waals surface area contributed by atoms with E-state index in [9.17, 15) is 4.79 Å². The Labute approximate surface area is 134 Å². The molecule has 120 valence electrons. The average Bonchev–Trinajstić information content (AvgIpc) is 2.57. The summed E-state index contributed by atoms with van der Waals surface area (Å²) < 4.78 is 0. The van der Waals surface area contributed by atoms with Gasteiger partial charge in [-0.05, 0) is 38.8 Å². The highest BCUT2D eigenvalue weighted by Gasteiger charge is 2.27. The van der Waals surface area contributed by atoms with Gasteiger partial charge in [-0.15, -0.1) is 0 Å². The van der Waals surface area contributed by atoms with Crippen molar-refractivity contribution in [2.45, 2.75) is 26.7 Å². The Morgan fingerprint density at radius 2 is 2.00 bits per heavy atom. The van der Waals surface area contributed by atoms with Crippen LogP contribution in [-0.4, -0.2) is 48.4 Å². The molecule has 1 heterocycles.